The Bertz CT molecular complexity index is 400. The van der Waals surface area contributed by atoms with Gasteiger partial charge in [-0.05, 0) is 19.9 Å². The number of hydrogen-bond acceptors (Lipinski definition) is 3. The maximum absolute atomic E-state index is 11.5. The number of aromatic nitrogens is 2. The SMILES string of the molecule is CC(C)(CC(=O)O)NC(=O)NCCn1cccn1. The first-order chi connectivity index (χ1) is 8.39. The normalized spacial score (nSPS) is 11.0. The fraction of sp³-hybridized carbons (Fsp3) is 0.545. The summed E-state index contributed by atoms with van der Waals surface area (Å²) in [5.41, 5.74) is -0.776. The van der Waals surface area contributed by atoms with Crippen LogP contribution in [0.15, 0.2) is 18.5 Å². The highest BCUT2D eigenvalue weighted by molar-refractivity contribution is 5.76. The second-order valence-corrected chi connectivity index (χ2v) is 4.60. The molecule has 100 valence electrons. The highest BCUT2D eigenvalue weighted by atomic mass is 16.4. The zero-order chi connectivity index (χ0) is 13.6. The Morgan fingerprint density at radius 3 is 2.72 bits per heavy atom. The minimum Gasteiger partial charge on any atom is -0.481 e. The van der Waals surface area contributed by atoms with Crippen LogP contribution in [0.2, 0.25) is 0 Å². The molecule has 0 aliphatic heterocycles. The molecule has 1 heterocycles. The van der Waals surface area contributed by atoms with E-state index in [1.807, 2.05) is 0 Å². The van der Waals surface area contributed by atoms with Crippen molar-refractivity contribution < 1.29 is 14.7 Å². The molecule has 3 N–H and O–H groups in total. The van der Waals surface area contributed by atoms with Gasteiger partial charge in [-0.1, -0.05) is 0 Å². The lowest BCUT2D eigenvalue weighted by molar-refractivity contribution is -0.138. The van der Waals surface area contributed by atoms with Crippen LogP contribution in [0.4, 0.5) is 4.79 Å². The van der Waals surface area contributed by atoms with Crippen LogP contribution in [0.3, 0.4) is 0 Å². The smallest absolute Gasteiger partial charge is 0.315 e. The molecule has 0 spiro atoms. The molecule has 7 nitrogen and oxygen atoms in total. The lowest BCUT2D eigenvalue weighted by atomic mass is 10.0. The number of aliphatic carboxylic acids is 1. The fourth-order valence-corrected chi connectivity index (χ4v) is 1.49. The Hall–Kier alpha value is -2.05. The van der Waals surface area contributed by atoms with Crippen molar-refractivity contribution in [2.45, 2.75) is 32.4 Å². The molecule has 0 aliphatic rings. The van der Waals surface area contributed by atoms with Gasteiger partial charge in [-0.25, -0.2) is 4.79 Å². The van der Waals surface area contributed by atoms with Gasteiger partial charge in [0.25, 0.3) is 0 Å². The van der Waals surface area contributed by atoms with Crippen LogP contribution in [0.1, 0.15) is 20.3 Å². The molecular formula is C11H18N4O3. The number of amides is 2. The number of carboxylic acid groups (broad SMARTS) is 1. The molecule has 1 aromatic heterocycles. The number of rotatable bonds is 6. The summed E-state index contributed by atoms with van der Waals surface area (Å²) in [4.78, 5) is 22.1. The van der Waals surface area contributed by atoms with Gasteiger partial charge < -0.3 is 15.7 Å². The molecule has 0 saturated carbocycles. The van der Waals surface area contributed by atoms with E-state index in [1.165, 1.54) is 0 Å². The molecule has 0 aliphatic carbocycles. The van der Waals surface area contributed by atoms with Gasteiger partial charge in [-0.2, -0.15) is 5.10 Å². The summed E-state index contributed by atoms with van der Waals surface area (Å²) in [6, 6.07) is 1.42. The van der Waals surface area contributed by atoms with Gasteiger partial charge >= 0.3 is 12.0 Å². The molecule has 0 fully saturated rings. The Balaban J connectivity index is 2.26. The van der Waals surface area contributed by atoms with E-state index in [-0.39, 0.29) is 12.5 Å². The van der Waals surface area contributed by atoms with Crippen molar-refractivity contribution in [3.05, 3.63) is 18.5 Å². The van der Waals surface area contributed by atoms with E-state index in [0.29, 0.717) is 13.1 Å². The Labute approximate surface area is 105 Å². The number of carbonyl (C=O) groups excluding carboxylic acids is 1. The third-order valence-electron chi connectivity index (χ3n) is 2.23. The predicted octanol–water partition coefficient (Wildman–Crippen LogP) is 0.436. The molecule has 0 radical (unpaired) electrons. The summed E-state index contributed by atoms with van der Waals surface area (Å²) in [5, 5.41) is 17.9. The predicted molar refractivity (Wildman–Crippen MR) is 65.1 cm³/mol. The first kappa shape index (κ1) is 14.0. The first-order valence-corrected chi connectivity index (χ1v) is 5.64. The van der Waals surface area contributed by atoms with Crippen LogP contribution in [-0.4, -0.2) is 39.0 Å². The van der Waals surface area contributed by atoms with Crippen molar-refractivity contribution in [3.8, 4) is 0 Å². The third-order valence-corrected chi connectivity index (χ3v) is 2.23. The number of nitrogens with zero attached hydrogens (tertiary/aromatic N) is 2. The van der Waals surface area contributed by atoms with Crippen LogP contribution in [0.25, 0.3) is 0 Å². The molecular weight excluding hydrogens is 236 g/mol. The van der Waals surface area contributed by atoms with Crippen molar-refractivity contribution in [1.29, 1.82) is 0 Å². The molecule has 0 aromatic carbocycles. The van der Waals surface area contributed by atoms with E-state index in [1.54, 1.807) is 37.0 Å². The molecule has 0 unspecified atom stereocenters. The highest BCUT2D eigenvalue weighted by Gasteiger charge is 2.23. The van der Waals surface area contributed by atoms with Gasteiger partial charge in [0.05, 0.1) is 13.0 Å². The second kappa shape index (κ2) is 6.04. The van der Waals surface area contributed by atoms with Gasteiger partial charge in [-0.3, -0.25) is 9.48 Å². The molecule has 0 bridgehead atoms. The average Bonchev–Trinajstić information content (AvgIpc) is 2.66. The summed E-state index contributed by atoms with van der Waals surface area (Å²) in [6.07, 6.45) is 3.34. The number of hydrogen-bond donors (Lipinski definition) is 3. The molecule has 0 saturated heterocycles. The largest absolute Gasteiger partial charge is 0.481 e. The van der Waals surface area contributed by atoms with Crippen molar-refractivity contribution in [1.82, 2.24) is 20.4 Å². The Kier molecular flexibility index (Phi) is 4.70. The van der Waals surface area contributed by atoms with Gasteiger partial charge in [0.1, 0.15) is 0 Å². The monoisotopic (exact) mass is 254 g/mol. The summed E-state index contributed by atoms with van der Waals surface area (Å²) in [6.45, 7) is 4.32. The maximum atomic E-state index is 11.5. The number of nitrogens with one attached hydrogen (secondary N) is 2. The molecule has 18 heavy (non-hydrogen) atoms. The molecule has 1 aromatic rings. The summed E-state index contributed by atoms with van der Waals surface area (Å²) >= 11 is 0. The number of urea groups is 1. The Morgan fingerprint density at radius 1 is 1.44 bits per heavy atom. The molecule has 0 atom stereocenters. The van der Waals surface area contributed by atoms with Crippen LogP contribution < -0.4 is 10.6 Å². The van der Waals surface area contributed by atoms with Crippen molar-refractivity contribution in [3.63, 3.8) is 0 Å². The first-order valence-electron chi connectivity index (χ1n) is 5.64. The van der Waals surface area contributed by atoms with E-state index in [2.05, 4.69) is 15.7 Å². The number of carbonyl (C=O) groups is 2. The summed E-state index contributed by atoms with van der Waals surface area (Å²) in [5.74, 6) is -0.947. The van der Waals surface area contributed by atoms with Crippen LogP contribution >= 0.6 is 0 Å². The van der Waals surface area contributed by atoms with Gasteiger partial charge in [-0.15, -0.1) is 0 Å². The average molecular weight is 254 g/mol. The second-order valence-electron chi connectivity index (χ2n) is 4.60. The van der Waals surface area contributed by atoms with Crippen molar-refractivity contribution in [2.75, 3.05) is 6.54 Å². The third kappa shape index (κ3) is 5.33. The lowest BCUT2D eigenvalue weighted by Crippen LogP contribution is -2.49. The minimum absolute atomic E-state index is 0.125. The standard InChI is InChI=1S/C11H18N4O3/c1-11(2,8-9(16)17)14-10(18)12-5-7-15-6-3-4-13-15/h3-4,6H,5,7-8H2,1-2H3,(H,16,17)(H2,12,14,18). The van der Waals surface area contributed by atoms with Gasteiger partial charge in [0, 0.05) is 24.5 Å². The number of carboxylic acids is 1. The minimum atomic E-state index is -0.947. The zero-order valence-electron chi connectivity index (χ0n) is 10.5. The zero-order valence-corrected chi connectivity index (χ0v) is 10.5. The van der Waals surface area contributed by atoms with E-state index in [0.717, 1.165) is 0 Å². The van der Waals surface area contributed by atoms with E-state index < -0.39 is 11.5 Å². The molecule has 1 rings (SSSR count). The van der Waals surface area contributed by atoms with Gasteiger partial charge in [0.2, 0.25) is 0 Å². The quantitative estimate of drug-likeness (QED) is 0.686. The lowest BCUT2D eigenvalue weighted by Gasteiger charge is -2.24. The van der Waals surface area contributed by atoms with E-state index >= 15 is 0 Å². The van der Waals surface area contributed by atoms with Crippen molar-refractivity contribution >= 4 is 12.0 Å². The maximum Gasteiger partial charge on any atom is 0.315 e. The van der Waals surface area contributed by atoms with Crippen molar-refractivity contribution in [2.24, 2.45) is 0 Å². The summed E-state index contributed by atoms with van der Waals surface area (Å²) in [7, 11) is 0. The topological polar surface area (TPSA) is 96.3 Å². The van der Waals surface area contributed by atoms with Crippen LogP contribution in [-0.2, 0) is 11.3 Å². The highest BCUT2D eigenvalue weighted by Crippen LogP contribution is 2.07. The van der Waals surface area contributed by atoms with E-state index in [9.17, 15) is 9.59 Å². The summed E-state index contributed by atoms with van der Waals surface area (Å²) < 4.78 is 1.70. The Morgan fingerprint density at radius 2 is 2.17 bits per heavy atom. The molecule has 2 amide bonds. The molecule has 7 heteroatoms. The van der Waals surface area contributed by atoms with Crippen LogP contribution in [0, 0.1) is 0 Å². The van der Waals surface area contributed by atoms with E-state index in [4.69, 9.17) is 5.11 Å². The fourth-order valence-electron chi connectivity index (χ4n) is 1.49. The van der Waals surface area contributed by atoms with Gasteiger partial charge in [0.15, 0.2) is 0 Å². The van der Waals surface area contributed by atoms with Crippen LogP contribution in [0.5, 0.6) is 0 Å².